The minimum absolute atomic E-state index is 0.404. The second-order valence-electron chi connectivity index (χ2n) is 4.37. The topological polar surface area (TPSA) is 49.3 Å². The van der Waals surface area contributed by atoms with E-state index in [1.807, 2.05) is 19.2 Å². The van der Waals surface area contributed by atoms with Crippen molar-refractivity contribution >= 4 is 5.97 Å². The number of carbonyl (C=O) groups is 1. The molecule has 16 heavy (non-hydrogen) atoms. The molecule has 0 bridgehead atoms. The molecule has 0 saturated carbocycles. The Bertz CT molecular complexity index is 401. The molecule has 0 saturated heterocycles. The summed E-state index contributed by atoms with van der Waals surface area (Å²) in [6.07, 6.45) is 3.43. The molecule has 3 heteroatoms. The zero-order valence-electron chi connectivity index (χ0n) is 9.49. The van der Waals surface area contributed by atoms with Crippen molar-refractivity contribution in [3.05, 3.63) is 34.9 Å². The summed E-state index contributed by atoms with van der Waals surface area (Å²) in [7, 11) is 1.94. The largest absolute Gasteiger partial charge is 0.478 e. The van der Waals surface area contributed by atoms with Crippen LogP contribution in [0.2, 0.25) is 0 Å². The lowest BCUT2D eigenvalue weighted by molar-refractivity contribution is 0.0696. The molecule has 1 aromatic rings. The van der Waals surface area contributed by atoms with E-state index in [-0.39, 0.29) is 0 Å². The molecule has 0 radical (unpaired) electrons. The van der Waals surface area contributed by atoms with Crippen LogP contribution in [0.15, 0.2) is 18.2 Å². The normalized spacial score (nSPS) is 19.2. The molecule has 1 aliphatic carbocycles. The van der Waals surface area contributed by atoms with Crippen LogP contribution in [0, 0.1) is 0 Å². The lowest BCUT2D eigenvalue weighted by Crippen LogP contribution is -2.21. The second kappa shape index (κ2) is 4.66. The zero-order chi connectivity index (χ0) is 11.5. The number of fused-ring (bicyclic) bond motifs is 1. The first-order chi connectivity index (χ1) is 7.72. The highest BCUT2D eigenvalue weighted by atomic mass is 16.4. The van der Waals surface area contributed by atoms with Gasteiger partial charge in [-0.25, -0.2) is 4.79 Å². The summed E-state index contributed by atoms with van der Waals surface area (Å²) < 4.78 is 0. The van der Waals surface area contributed by atoms with E-state index < -0.39 is 5.97 Å². The van der Waals surface area contributed by atoms with Crippen LogP contribution in [0.25, 0.3) is 0 Å². The second-order valence-corrected chi connectivity index (χ2v) is 4.37. The third kappa shape index (κ3) is 2.09. The minimum atomic E-state index is -0.836. The van der Waals surface area contributed by atoms with E-state index >= 15 is 0 Å². The van der Waals surface area contributed by atoms with Crippen LogP contribution in [0.1, 0.15) is 40.2 Å². The SMILES string of the molecule is CNCC1CCCc2ccc(C(=O)O)cc21. The molecule has 0 fully saturated rings. The lowest BCUT2D eigenvalue weighted by atomic mass is 9.82. The van der Waals surface area contributed by atoms with E-state index in [1.165, 1.54) is 17.5 Å². The van der Waals surface area contributed by atoms with Gasteiger partial charge in [-0.1, -0.05) is 6.07 Å². The average Bonchev–Trinajstić information content (AvgIpc) is 2.29. The number of carboxylic acid groups (broad SMARTS) is 1. The van der Waals surface area contributed by atoms with Crippen molar-refractivity contribution in [3.63, 3.8) is 0 Å². The summed E-state index contributed by atoms with van der Waals surface area (Å²) in [4.78, 5) is 10.9. The van der Waals surface area contributed by atoms with E-state index in [9.17, 15) is 4.79 Å². The van der Waals surface area contributed by atoms with Crippen LogP contribution in [-0.2, 0) is 6.42 Å². The standard InChI is InChI=1S/C13H17NO2/c1-14-8-11-4-2-3-9-5-6-10(13(15)16)7-12(9)11/h5-7,11,14H,2-4,8H2,1H3,(H,15,16). The van der Waals surface area contributed by atoms with Crippen LogP contribution >= 0.6 is 0 Å². The van der Waals surface area contributed by atoms with E-state index in [0.29, 0.717) is 11.5 Å². The fraction of sp³-hybridized carbons (Fsp3) is 0.462. The number of nitrogens with one attached hydrogen (secondary N) is 1. The van der Waals surface area contributed by atoms with Gasteiger partial charge in [-0.05, 0) is 55.5 Å². The molecular weight excluding hydrogens is 202 g/mol. The van der Waals surface area contributed by atoms with Crippen LogP contribution in [0.5, 0.6) is 0 Å². The van der Waals surface area contributed by atoms with Gasteiger partial charge in [-0.15, -0.1) is 0 Å². The molecule has 1 atom stereocenters. The van der Waals surface area contributed by atoms with Crippen molar-refractivity contribution in [1.82, 2.24) is 5.32 Å². The Kier molecular flexibility index (Phi) is 3.25. The molecule has 0 aromatic heterocycles. The molecule has 1 aromatic carbocycles. The summed E-state index contributed by atoms with van der Waals surface area (Å²) in [6.45, 7) is 0.927. The molecular formula is C13H17NO2. The molecule has 0 heterocycles. The number of rotatable bonds is 3. The predicted molar refractivity (Wildman–Crippen MR) is 63.0 cm³/mol. The fourth-order valence-electron chi connectivity index (χ4n) is 2.49. The van der Waals surface area contributed by atoms with Crippen molar-refractivity contribution in [2.45, 2.75) is 25.2 Å². The minimum Gasteiger partial charge on any atom is -0.478 e. The Morgan fingerprint density at radius 1 is 1.56 bits per heavy atom. The summed E-state index contributed by atoms with van der Waals surface area (Å²) in [6, 6.07) is 5.53. The van der Waals surface area contributed by atoms with Crippen molar-refractivity contribution in [2.75, 3.05) is 13.6 Å². The number of likely N-dealkylation sites (N-methyl/N-ethyl adjacent to an activating group) is 1. The van der Waals surface area contributed by atoms with Crippen molar-refractivity contribution in [2.24, 2.45) is 0 Å². The Hall–Kier alpha value is -1.35. The third-order valence-electron chi connectivity index (χ3n) is 3.28. The van der Waals surface area contributed by atoms with Crippen molar-refractivity contribution < 1.29 is 9.90 Å². The highest BCUT2D eigenvalue weighted by Crippen LogP contribution is 2.31. The van der Waals surface area contributed by atoms with Gasteiger partial charge >= 0.3 is 5.97 Å². The van der Waals surface area contributed by atoms with E-state index in [0.717, 1.165) is 19.4 Å². The van der Waals surface area contributed by atoms with Gasteiger partial charge in [0.2, 0.25) is 0 Å². The first-order valence-electron chi connectivity index (χ1n) is 5.73. The van der Waals surface area contributed by atoms with Crippen LogP contribution < -0.4 is 5.32 Å². The van der Waals surface area contributed by atoms with Crippen LogP contribution in [0.4, 0.5) is 0 Å². The Morgan fingerprint density at radius 2 is 2.38 bits per heavy atom. The molecule has 2 rings (SSSR count). The molecule has 2 N–H and O–H groups in total. The van der Waals surface area contributed by atoms with Crippen molar-refractivity contribution in [3.8, 4) is 0 Å². The third-order valence-corrected chi connectivity index (χ3v) is 3.28. The Morgan fingerprint density at radius 3 is 3.06 bits per heavy atom. The van der Waals surface area contributed by atoms with E-state index in [4.69, 9.17) is 5.11 Å². The fourth-order valence-corrected chi connectivity index (χ4v) is 2.49. The maximum atomic E-state index is 10.9. The van der Waals surface area contributed by atoms with Crippen molar-refractivity contribution in [1.29, 1.82) is 0 Å². The molecule has 0 aliphatic heterocycles. The number of aryl methyl sites for hydroxylation is 1. The summed E-state index contributed by atoms with van der Waals surface area (Å²) in [5.74, 6) is -0.371. The summed E-state index contributed by atoms with van der Waals surface area (Å²) >= 11 is 0. The van der Waals surface area contributed by atoms with E-state index in [1.54, 1.807) is 6.07 Å². The molecule has 1 aliphatic rings. The van der Waals surface area contributed by atoms with Gasteiger partial charge in [0.15, 0.2) is 0 Å². The maximum absolute atomic E-state index is 10.9. The van der Waals surface area contributed by atoms with Gasteiger partial charge in [0.1, 0.15) is 0 Å². The zero-order valence-corrected chi connectivity index (χ0v) is 9.49. The molecule has 1 unspecified atom stereocenters. The Balaban J connectivity index is 2.36. The summed E-state index contributed by atoms with van der Waals surface area (Å²) in [5, 5.41) is 12.2. The molecule has 0 amide bonds. The lowest BCUT2D eigenvalue weighted by Gasteiger charge is -2.25. The Labute approximate surface area is 95.5 Å². The van der Waals surface area contributed by atoms with E-state index in [2.05, 4.69) is 5.32 Å². The number of benzene rings is 1. The molecule has 86 valence electrons. The number of hydrogen-bond donors (Lipinski definition) is 2. The van der Waals surface area contributed by atoms with Gasteiger partial charge in [-0.2, -0.15) is 0 Å². The summed E-state index contributed by atoms with van der Waals surface area (Å²) in [5.41, 5.74) is 2.94. The number of carboxylic acids is 1. The number of hydrogen-bond acceptors (Lipinski definition) is 2. The predicted octanol–water partition coefficient (Wildman–Crippen LogP) is 2.02. The van der Waals surface area contributed by atoms with Gasteiger partial charge in [-0.3, -0.25) is 0 Å². The quantitative estimate of drug-likeness (QED) is 0.817. The van der Waals surface area contributed by atoms with Crippen LogP contribution in [0.3, 0.4) is 0 Å². The first-order valence-corrected chi connectivity index (χ1v) is 5.73. The van der Waals surface area contributed by atoms with Gasteiger partial charge in [0.05, 0.1) is 5.56 Å². The number of aromatic carboxylic acids is 1. The smallest absolute Gasteiger partial charge is 0.335 e. The van der Waals surface area contributed by atoms with Gasteiger partial charge in [0.25, 0.3) is 0 Å². The average molecular weight is 219 g/mol. The highest BCUT2D eigenvalue weighted by Gasteiger charge is 2.20. The monoisotopic (exact) mass is 219 g/mol. The maximum Gasteiger partial charge on any atom is 0.335 e. The first kappa shape index (κ1) is 11.1. The van der Waals surface area contributed by atoms with Gasteiger partial charge < -0.3 is 10.4 Å². The highest BCUT2D eigenvalue weighted by molar-refractivity contribution is 5.88. The molecule has 0 spiro atoms. The molecule has 3 nitrogen and oxygen atoms in total. The van der Waals surface area contributed by atoms with Gasteiger partial charge in [0, 0.05) is 6.54 Å². The van der Waals surface area contributed by atoms with Crippen LogP contribution in [-0.4, -0.2) is 24.7 Å².